The fourth-order valence-corrected chi connectivity index (χ4v) is 2.17. The summed E-state index contributed by atoms with van der Waals surface area (Å²) in [7, 11) is 0. The summed E-state index contributed by atoms with van der Waals surface area (Å²) in [6, 6.07) is 0. The third-order valence-electron chi connectivity index (χ3n) is 3.40. The van der Waals surface area contributed by atoms with E-state index in [-0.39, 0.29) is 6.67 Å². The molecule has 0 N–H and O–H groups in total. The third kappa shape index (κ3) is 13.7. The summed E-state index contributed by atoms with van der Waals surface area (Å²) in [5.41, 5.74) is 0. The summed E-state index contributed by atoms with van der Waals surface area (Å²) in [6.45, 7) is 2.01. The maximum atomic E-state index is 11.8. The molecule has 0 aliphatic rings. The number of hydrogen-bond acceptors (Lipinski definition) is 1. The van der Waals surface area contributed by atoms with Crippen LogP contribution in [0.15, 0.2) is 0 Å². The van der Waals surface area contributed by atoms with Crippen molar-refractivity contribution in [3.8, 4) is 0 Å². The highest BCUT2D eigenvalue weighted by molar-refractivity contribution is 5.78. The van der Waals surface area contributed by atoms with E-state index in [4.69, 9.17) is 0 Å². The van der Waals surface area contributed by atoms with Crippen LogP contribution in [-0.4, -0.2) is 12.5 Å². The zero-order valence-electron chi connectivity index (χ0n) is 12.2. The number of hydrogen-bond donors (Lipinski definition) is 0. The average molecular weight is 258 g/mol. The van der Waals surface area contributed by atoms with Gasteiger partial charge >= 0.3 is 0 Å². The molecule has 2 heteroatoms. The molecule has 0 aliphatic heterocycles. The average Bonchev–Trinajstić information content (AvgIpc) is 2.37. The second-order valence-electron chi connectivity index (χ2n) is 5.26. The molecular weight excluding hydrogens is 227 g/mol. The Morgan fingerprint density at radius 3 is 1.67 bits per heavy atom. The molecule has 0 aromatic rings. The summed E-state index contributed by atoms with van der Waals surface area (Å²) < 4.78 is 11.8. The van der Waals surface area contributed by atoms with Crippen molar-refractivity contribution in [2.75, 3.05) is 6.67 Å². The molecule has 0 rings (SSSR count). The predicted molar refractivity (Wildman–Crippen MR) is 76.7 cm³/mol. The molecule has 1 nitrogen and oxygen atoms in total. The second-order valence-corrected chi connectivity index (χ2v) is 5.26. The summed E-state index contributed by atoms with van der Waals surface area (Å²) in [4.78, 5) is 11.5. The van der Waals surface area contributed by atoms with Crippen LogP contribution in [0.25, 0.3) is 0 Å². The minimum Gasteiger partial charge on any atom is -0.300 e. The Hall–Kier alpha value is -0.400. The van der Waals surface area contributed by atoms with Crippen molar-refractivity contribution in [3.05, 3.63) is 0 Å². The maximum absolute atomic E-state index is 11.8. The Labute approximate surface area is 113 Å². The molecule has 0 aromatic carbocycles. The lowest BCUT2D eigenvalue weighted by Gasteiger charge is -2.02. The van der Waals surface area contributed by atoms with E-state index in [0.717, 1.165) is 32.1 Å². The number of carbonyl (C=O) groups excluding carboxylic acids is 1. The van der Waals surface area contributed by atoms with Crippen molar-refractivity contribution in [1.29, 1.82) is 0 Å². The largest absolute Gasteiger partial charge is 0.300 e. The molecule has 0 saturated heterocycles. The minimum atomic E-state index is -0.216. The van der Waals surface area contributed by atoms with Crippen LogP contribution in [0.3, 0.4) is 0 Å². The van der Waals surface area contributed by atoms with Crippen molar-refractivity contribution in [2.45, 2.75) is 90.4 Å². The molecule has 0 spiro atoms. The summed E-state index contributed by atoms with van der Waals surface area (Å²) in [5, 5.41) is 0. The van der Waals surface area contributed by atoms with Crippen LogP contribution in [0, 0.1) is 0 Å². The molecule has 108 valence electrons. The van der Waals surface area contributed by atoms with Gasteiger partial charge in [-0.15, -0.1) is 0 Å². The Balaban J connectivity index is 3.12. The van der Waals surface area contributed by atoms with Crippen LogP contribution in [0.5, 0.6) is 0 Å². The van der Waals surface area contributed by atoms with Crippen LogP contribution in [0.2, 0.25) is 0 Å². The van der Waals surface area contributed by atoms with E-state index < -0.39 is 0 Å². The standard InChI is InChI=1S/C16H31FO/c1-2-3-4-5-6-7-10-13-16(18)14-11-8-9-12-15-17/h2-15H2,1H3. The first-order chi connectivity index (χ1) is 8.81. The van der Waals surface area contributed by atoms with Crippen LogP contribution >= 0.6 is 0 Å². The first kappa shape index (κ1) is 17.6. The fraction of sp³-hybridized carbons (Fsp3) is 0.938. The highest BCUT2D eigenvalue weighted by atomic mass is 19.1. The number of alkyl halides is 1. The number of halogens is 1. The summed E-state index contributed by atoms with van der Waals surface area (Å²) in [6.07, 6.45) is 13.9. The molecule has 0 aromatic heterocycles. The van der Waals surface area contributed by atoms with E-state index in [9.17, 15) is 9.18 Å². The SMILES string of the molecule is CCCCCCCCCC(=O)CCCCCCF. The second kappa shape index (κ2) is 14.7. The van der Waals surface area contributed by atoms with Crippen molar-refractivity contribution in [2.24, 2.45) is 0 Å². The maximum Gasteiger partial charge on any atom is 0.132 e. The van der Waals surface area contributed by atoms with Gasteiger partial charge in [0.25, 0.3) is 0 Å². The fourth-order valence-electron chi connectivity index (χ4n) is 2.17. The molecule has 0 atom stereocenters. The normalized spacial score (nSPS) is 10.8. The van der Waals surface area contributed by atoms with E-state index >= 15 is 0 Å². The topological polar surface area (TPSA) is 17.1 Å². The van der Waals surface area contributed by atoms with Crippen molar-refractivity contribution < 1.29 is 9.18 Å². The third-order valence-corrected chi connectivity index (χ3v) is 3.40. The number of unbranched alkanes of at least 4 members (excludes halogenated alkanes) is 9. The molecule has 0 heterocycles. The summed E-state index contributed by atoms with van der Waals surface area (Å²) in [5.74, 6) is 0.406. The number of ketones is 1. The lowest BCUT2D eigenvalue weighted by molar-refractivity contribution is -0.119. The molecule has 0 unspecified atom stereocenters. The molecule has 0 saturated carbocycles. The molecule has 0 fully saturated rings. The number of rotatable bonds is 14. The van der Waals surface area contributed by atoms with Crippen LogP contribution in [-0.2, 0) is 4.79 Å². The van der Waals surface area contributed by atoms with Gasteiger partial charge in [0.15, 0.2) is 0 Å². The van der Waals surface area contributed by atoms with Crippen molar-refractivity contribution in [3.63, 3.8) is 0 Å². The van der Waals surface area contributed by atoms with Crippen molar-refractivity contribution in [1.82, 2.24) is 0 Å². The van der Waals surface area contributed by atoms with E-state index in [2.05, 4.69) is 6.92 Å². The van der Waals surface area contributed by atoms with E-state index in [1.54, 1.807) is 0 Å². The molecular formula is C16H31FO. The highest BCUT2D eigenvalue weighted by Gasteiger charge is 2.01. The monoisotopic (exact) mass is 258 g/mol. The molecule has 18 heavy (non-hydrogen) atoms. The van der Waals surface area contributed by atoms with Gasteiger partial charge in [0.05, 0.1) is 6.67 Å². The summed E-state index contributed by atoms with van der Waals surface area (Å²) >= 11 is 0. The quantitative estimate of drug-likeness (QED) is 0.370. The Bertz CT molecular complexity index is 180. The van der Waals surface area contributed by atoms with Gasteiger partial charge in [-0.2, -0.15) is 0 Å². The molecule has 0 radical (unpaired) electrons. The smallest absolute Gasteiger partial charge is 0.132 e. The Kier molecular flexibility index (Phi) is 14.3. The lowest BCUT2D eigenvalue weighted by atomic mass is 10.0. The first-order valence-electron chi connectivity index (χ1n) is 7.89. The van der Waals surface area contributed by atoms with E-state index in [0.29, 0.717) is 18.6 Å². The van der Waals surface area contributed by atoms with Gasteiger partial charge in [0.2, 0.25) is 0 Å². The van der Waals surface area contributed by atoms with Crippen LogP contribution < -0.4 is 0 Å². The molecule has 0 amide bonds. The van der Waals surface area contributed by atoms with Gasteiger partial charge in [-0.3, -0.25) is 9.18 Å². The van der Waals surface area contributed by atoms with Gasteiger partial charge in [0, 0.05) is 12.8 Å². The van der Waals surface area contributed by atoms with Gasteiger partial charge in [-0.25, -0.2) is 0 Å². The van der Waals surface area contributed by atoms with E-state index in [1.165, 1.54) is 38.5 Å². The zero-order chi connectivity index (χ0) is 13.5. The van der Waals surface area contributed by atoms with Gasteiger partial charge in [-0.05, 0) is 19.3 Å². The number of carbonyl (C=O) groups is 1. The lowest BCUT2D eigenvalue weighted by Crippen LogP contribution is -1.97. The van der Waals surface area contributed by atoms with Crippen molar-refractivity contribution >= 4 is 5.78 Å². The predicted octanol–water partition coefficient (Wildman–Crippen LogP) is 5.62. The Morgan fingerprint density at radius 2 is 1.17 bits per heavy atom. The molecule has 0 bridgehead atoms. The van der Waals surface area contributed by atoms with Gasteiger partial charge in [0.1, 0.15) is 5.78 Å². The van der Waals surface area contributed by atoms with Gasteiger partial charge < -0.3 is 0 Å². The highest BCUT2D eigenvalue weighted by Crippen LogP contribution is 2.11. The molecule has 0 aliphatic carbocycles. The zero-order valence-corrected chi connectivity index (χ0v) is 12.2. The van der Waals surface area contributed by atoms with Crippen LogP contribution in [0.1, 0.15) is 90.4 Å². The van der Waals surface area contributed by atoms with Gasteiger partial charge in [-0.1, -0.05) is 58.3 Å². The minimum absolute atomic E-state index is 0.216. The number of Topliss-reactive ketones (excluding diaryl/α,β-unsaturated/α-hetero) is 1. The van der Waals surface area contributed by atoms with E-state index in [1.807, 2.05) is 0 Å². The van der Waals surface area contributed by atoms with Crippen LogP contribution in [0.4, 0.5) is 4.39 Å². The first-order valence-corrected chi connectivity index (χ1v) is 7.89. The Morgan fingerprint density at radius 1 is 0.722 bits per heavy atom.